The first-order valence-electron chi connectivity index (χ1n) is 5.57. The number of hydrazine groups is 1. The van der Waals surface area contributed by atoms with E-state index in [4.69, 9.17) is 5.84 Å². The molecular weight excluding hydrogens is 238 g/mol. The summed E-state index contributed by atoms with van der Waals surface area (Å²) in [7, 11) is 2.20. The third kappa shape index (κ3) is 2.99. The molecule has 1 aromatic rings. The van der Waals surface area contributed by atoms with Crippen molar-refractivity contribution >= 4 is 23.1 Å². The van der Waals surface area contributed by atoms with Gasteiger partial charge in [0.1, 0.15) is 0 Å². The SMILES string of the molecule is CN1CCSCC1C(Cc1cccs1)NN. The first-order valence-corrected chi connectivity index (χ1v) is 7.61. The lowest BCUT2D eigenvalue weighted by atomic mass is 10.0. The third-order valence-corrected chi connectivity index (χ3v) is 5.07. The van der Waals surface area contributed by atoms with E-state index in [1.165, 1.54) is 16.4 Å². The Morgan fingerprint density at radius 3 is 3.19 bits per heavy atom. The Morgan fingerprint density at radius 2 is 2.56 bits per heavy atom. The van der Waals surface area contributed by atoms with Crippen molar-refractivity contribution in [3.63, 3.8) is 0 Å². The molecule has 90 valence electrons. The largest absolute Gasteiger partial charge is 0.300 e. The number of nitrogens with two attached hydrogens (primary N) is 1. The van der Waals surface area contributed by atoms with Crippen molar-refractivity contribution in [3.05, 3.63) is 22.4 Å². The highest BCUT2D eigenvalue weighted by Gasteiger charge is 2.27. The monoisotopic (exact) mass is 257 g/mol. The van der Waals surface area contributed by atoms with Gasteiger partial charge in [0.15, 0.2) is 0 Å². The summed E-state index contributed by atoms with van der Waals surface area (Å²) in [5.41, 5.74) is 2.99. The quantitative estimate of drug-likeness (QED) is 0.627. The standard InChI is InChI=1S/C11H19N3S2/c1-14-4-6-15-8-11(14)10(13-12)7-9-3-2-5-16-9/h2-3,5,10-11,13H,4,6-8,12H2,1H3. The number of nitrogens with zero attached hydrogens (tertiary/aromatic N) is 1. The van der Waals surface area contributed by atoms with Crippen LogP contribution in [0.2, 0.25) is 0 Å². The van der Waals surface area contributed by atoms with E-state index in [0.717, 1.165) is 13.0 Å². The van der Waals surface area contributed by atoms with Crippen LogP contribution < -0.4 is 11.3 Å². The Bertz CT molecular complexity index is 302. The molecule has 0 bridgehead atoms. The van der Waals surface area contributed by atoms with Crippen molar-refractivity contribution in [1.82, 2.24) is 10.3 Å². The Labute approximate surface area is 105 Å². The average molecular weight is 257 g/mol. The topological polar surface area (TPSA) is 41.3 Å². The summed E-state index contributed by atoms with van der Waals surface area (Å²) >= 11 is 3.84. The van der Waals surface area contributed by atoms with Crippen molar-refractivity contribution in [3.8, 4) is 0 Å². The minimum absolute atomic E-state index is 0.358. The van der Waals surface area contributed by atoms with Crippen LogP contribution >= 0.6 is 23.1 Å². The normalized spacial score (nSPS) is 24.5. The zero-order valence-corrected chi connectivity index (χ0v) is 11.2. The molecule has 1 saturated heterocycles. The smallest absolute Gasteiger partial charge is 0.0422 e. The van der Waals surface area contributed by atoms with Gasteiger partial charge in [0.25, 0.3) is 0 Å². The van der Waals surface area contributed by atoms with E-state index < -0.39 is 0 Å². The van der Waals surface area contributed by atoms with Crippen LogP contribution in [0.3, 0.4) is 0 Å². The second-order valence-electron chi connectivity index (χ2n) is 4.18. The lowest BCUT2D eigenvalue weighted by molar-refractivity contribution is 0.214. The predicted octanol–water partition coefficient (Wildman–Crippen LogP) is 1.17. The first-order chi connectivity index (χ1) is 7.81. The summed E-state index contributed by atoms with van der Waals surface area (Å²) in [6.45, 7) is 1.16. The molecule has 0 radical (unpaired) electrons. The summed E-state index contributed by atoms with van der Waals surface area (Å²) in [4.78, 5) is 3.83. The van der Waals surface area contributed by atoms with Gasteiger partial charge < -0.3 is 4.90 Å². The van der Waals surface area contributed by atoms with Crippen LogP contribution in [0.15, 0.2) is 17.5 Å². The van der Waals surface area contributed by atoms with Gasteiger partial charge in [-0.25, -0.2) is 0 Å². The number of hydrogen-bond acceptors (Lipinski definition) is 5. The summed E-state index contributed by atoms with van der Waals surface area (Å²) in [5.74, 6) is 8.12. The van der Waals surface area contributed by atoms with Gasteiger partial charge in [-0.1, -0.05) is 6.07 Å². The molecule has 0 aliphatic carbocycles. The fourth-order valence-corrected chi connectivity index (χ4v) is 4.16. The molecular formula is C11H19N3S2. The molecule has 2 rings (SSSR count). The Balaban J connectivity index is 1.98. The zero-order valence-electron chi connectivity index (χ0n) is 9.56. The molecule has 5 heteroatoms. The van der Waals surface area contributed by atoms with E-state index in [1.807, 2.05) is 23.1 Å². The Morgan fingerprint density at radius 1 is 1.69 bits per heavy atom. The fraction of sp³-hybridized carbons (Fsp3) is 0.636. The number of thioether (sulfide) groups is 1. The van der Waals surface area contributed by atoms with Crippen molar-refractivity contribution < 1.29 is 0 Å². The van der Waals surface area contributed by atoms with Gasteiger partial charge >= 0.3 is 0 Å². The minimum Gasteiger partial charge on any atom is -0.300 e. The van der Waals surface area contributed by atoms with Crippen LogP contribution in [0.4, 0.5) is 0 Å². The molecule has 0 aromatic carbocycles. The van der Waals surface area contributed by atoms with E-state index in [0.29, 0.717) is 12.1 Å². The van der Waals surface area contributed by atoms with Gasteiger partial charge in [-0.3, -0.25) is 11.3 Å². The molecule has 1 fully saturated rings. The highest BCUT2D eigenvalue weighted by atomic mass is 32.2. The van der Waals surface area contributed by atoms with Crippen LogP contribution in [-0.2, 0) is 6.42 Å². The zero-order chi connectivity index (χ0) is 11.4. The van der Waals surface area contributed by atoms with Gasteiger partial charge in [0.05, 0.1) is 0 Å². The molecule has 3 N–H and O–H groups in total. The van der Waals surface area contributed by atoms with E-state index in [9.17, 15) is 0 Å². The van der Waals surface area contributed by atoms with Crippen LogP contribution in [0, 0.1) is 0 Å². The van der Waals surface area contributed by atoms with Gasteiger partial charge in [-0.2, -0.15) is 11.8 Å². The third-order valence-electron chi connectivity index (χ3n) is 3.12. The van der Waals surface area contributed by atoms with Gasteiger partial charge in [0.2, 0.25) is 0 Å². The molecule has 1 aliphatic heterocycles. The molecule has 2 unspecified atom stereocenters. The lowest BCUT2D eigenvalue weighted by Crippen LogP contribution is -2.55. The Hall–Kier alpha value is -0.0700. The second kappa shape index (κ2) is 6.02. The molecule has 0 amide bonds. The number of likely N-dealkylation sites (N-methyl/N-ethyl adjacent to an activating group) is 1. The highest BCUT2D eigenvalue weighted by Crippen LogP contribution is 2.20. The number of rotatable bonds is 4. The molecule has 0 spiro atoms. The number of hydrogen-bond donors (Lipinski definition) is 2. The van der Waals surface area contributed by atoms with Crippen LogP contribution in [-0.4, -0.2) is 42.1 Å². The lowest BCUT2D eigenvalue weighted by Gasteiger charge is -2.37. The maximum absolute atomic E-state index is 5.70. The van der Waals surface area contributed by atoms with Gasteiger partial charge in [0, 0.05) is 35.0 Å². The maximum atomic E-state index is 5.70. The minimum atomic E-state index is 0.358. The van der Waals surface area contributed by atoms with Crippen molar-refractivity contribution in [2.24, 2.45) is 5.84 Å². The van der Waals surface area contributed by atoms with Gasteiger partial charge in [-0.05, 0) is 24.9 Å². The van der Waals surface area contributed by atoms with E-state index in [2.05, 4.69) is 34.9 Å². The van der Waals surface area contributed by atoms with Crippen LogP contribution in [0.25, 0.3) is 0 Å². The molecule has 1 aliphatic rings. The summed E-state index contributed by atoms with van der Waals surface area (Å²) < 4.78 is 0. The predicted molar refractivity (Wildman–Crippen MR) is 72.9 cm³/mol. The maximum Gasteiger partial charge on any atom is 0.0422 e. The summed E-state index contributed by atoms with van der Waals surface area (Å²) in [6, 6.07) is 5.19. The summed E-state index contributed by atoms with van der Waals surface area (Å²) in [5, 5.41) is 2.13. The molecule has 16 heavy (non-hydrogen) atoms. The van der Waals surface area contributed by atoms with Crippen LogP contribution in [0.1, 0.15) is 4.88 Å². The second-order valence-corrected chi connectivity index (χ2v) is 6.36. The van der Waals surface area contributed by atoms with E-state index in [1.54, 1.807) is 0 Å². The first kappa shape index (κ1) is 12.4. The number of thiophene rings is 1. The molecule has 1 aromatic heterocycles. The molecule has 2 atom stereocenters. The van der Waals surface area contributed by atoms with Crippen molar-refractivity contribution in [1.29, 1.82) is 0 Å². The van der Waals surface area contributed by atoms with Gasteiger partial charge in [-0.15, -0.1) is 11.3 Å². The van der Waals surface area contributed by atoms with Crippen LogP contribution in [0.5, 0.6) is 0 Å². The Kier molecular flexibility index (Phi) is 4.66. The molecule has 2 heterocycles. The van der Waals surface area contributed by atoms with E-state index in [-0.39, 0.29) is 0 Å². The molecule has 0 saturated carbocycles. The number of nitrogens with one attached hydrogen (secondary N) is 1. The van der Waals surface area contributed by atoms with Crippen molar-refractivity contribution in [2.75, 3.05) is 25.1 Å². The average Bonchev–Trinajstić information content (AvgIpc) is 2.80. The highest BCUT2D eigenvalue weighted by molar-refractivity contribution is 7.99. The van der Waals surface area contributed by atoms with Crippen molar-refractivity contribution in [2.45, 2.75) is 18.5 Å². The molecule has 3 nitrogen and oxygen atoms in total. The summed E-state index contributed by atoms with van der Waals surface area (Å²) in [6.07, 6.45) is 1.03. The fourth-order valence-electron chi connectivity index (χ4n) is 2.08. The van der Waals surface area contributed by atoms with E-state index >= 15 is 0 Å².